The molecule has 0 saturated heterocycles. The molecule has 1 aromatic heterocycles. The Morgan fingerprint density at radius 1 is 1.11 bits per heavy atom. The standard InChI is InChI=1S/C13H9N3OS/c1-8-2-4-9(5-3-8)11-7-18-13(14-11)10-6-12(17)16-15-10/h2-7H,1H3. The maximum absolute atomic E-state index is 11.0. The lowest BCUT2D eigenvalue weighted by Crippen LogP contribution is -1.82. The molecule has 5 heteroatoms. The number of azo groups is 1. The number of hydrogen-bond acceptors (Lipinski definition) is 4. The summed E-state index contributed by atoms with van der Waals surface area (Å²) in [4.78, 5) is 15.5. The Bertz CT molecular complexity index is 668. The lowest BCUT2D eigenvalue weighted by molar-refractivity contribution is -0.113. The normalized spacial score (nSPS) is 14.1. The number of rotatable bonds is 2. The summed E-state index contributed by atoms with van der Waals surface area (Å²) < 4.78 is 0. The maximum Gasteiger partial charge on any atom is 0.290 e. The van der Waals surface area contributed by atoms with Crippen molar-refractivity contribution >= 4 is 22.9 Å². The molecule has 3 rings (SSSR count). The molecule has 0 N–H and O–H groups in total. The number of aromatic nitrogens is 1. The number of amides is 1. The van der Waals surface area contributed by atoms with Crippen molar-refractivity contribution < 1.29 is 4.79 Å². The third kappa shape index (κ3) is 2.00. The Labute approximate surface area is 108 Å². The summed E-state index contributed by atoms with van der Waals surface area (Å²) in [6.07, 6.45) is 1.40. The zero-order valence-corrected chi connectivity index (χ0v) is 10.4. The SMILES string of the molecule is Cc1ccc(-c2csc(C3=CC(=O)N=N3)n2)cc1. The zero-order chi connectivity index (χ0) is 12.5. The van der Waals surface area contributed by atoms with Crippen molar-refractivity contribution in [2.45, 2.75) is 6.92 Å². The van der Waals surface area contributed by atoms with E-state index in [2.05, 4.69) is 15.2 Å². The molecule has 0 bridgehead atoms. The molecule has 1 aliphatic heterocycles. The summed E-state index contributed by atoms with van der Waals surface area (Å²) in [7, 11) is 0. The third-order valence-corrected chi connectivity index (χ3v) is 3.45. The second-order valence-electron chi connectivity index (χ2n) is 3.97. The van der Waals surface area contributed by atoms with Gasteiger partial charge in [-0.05, 0) is 6.92 Å². The fourth-order valence-corrected chi connectivity index (χ4v) is 2.41. The van der Waals surface area contributed by atoms with Gasteiger partial charge in [-0.25, -0.2) is 4.98 Å². The van der Waals surface area contributed by atoms with Crippen molar-refractivity contribution in [1.29, 1.82) is 0 Å². The van der Waals surface area contributed by atoms with E-state index < -0.39 is 0 Å². The van der Waals surface area contributed by atoms with Crippen molar-refractivity contribution in [3.8, 4) is 11.3 Å². The number of nitrogens with zero attached hydrogens (tertiary/aromatic N) is 3. The highest BCUT2D eigenvalue weighted by Gasteiger charge is 2.14. The molecule has 2 heterocycles. The Morgan fingerprint density at radius 2 is 1.89 bits per heavy atom. The Kier molecular flexibility index (Phi) is 2.60. The van der Waals surface area contributed by atoms with Crippen LogP contribution in [0.4, 0.5) is 0 Å². The van der Waals surface area contributed by atoms with E-state index in [0.29, 0.717) is 5.70 Å². The third-order valence-electron chi connectivity index (χ3n) is 2.59. The Balaban J connectivity index is 1.95. The summed E-state index contributed by atoms with van der Waals surface area (Å²) in [6, 6.07) is 8.16. The van der Waals surface area contributed by atoms with E-state index in [0.717, 1.165) is 16.3 Å². The van der Waals surface area contributed by atoms with Crippen LogP contribution in [0.25, 0.3) is 17.0 Å². The van der Waals surface area contributed by atoms with Crippen molar-refractivity contribution in [3.63, 3.8) is 0 Å². The van der Waals surface area contributed by atoms with E-state index in [1.807, 2.05) is 36.6 Å². The first-order valence-electron chi connectivity index (χ1n) is 5.43. The van der Waals surface area contributed by atoms with E-state index in [-0.39, 0.29) is 5.91 Å². The van der Waals surface area contributed by atoms with Crippen LogP contribution in [0.5, 0.6) is 0 Å². The molecule has 1 amide bonds. The number of carbonyl (C=O) groups excluding carboxylic acids is 1. The van der Waals surface area contributed by atoms with Crippen LogP contribution < -0.4 is 0 Å². The monoisotopic (exact) mass is 255 g/mol. The topological polar surface area (TPSA) is 54.7 Å². The molecule has 1 aromatic carbocycles. The highest BCUT2D eigenvalue weighted by atomic mass is 32.1. The highest BCUT2D eigenvalue weighted by molar-refractivity contribution is 7.11. The molecule has 0 fully saturated rings. The predicted molar refractivity (Wildman–Crippen MR) is 70.1 cm³/mol. The minimum Gasteiger partial charge on any atom is -0.266 e. The van der Waals surface area contributed by atoms with Crippen molar-refractivity contribution in [2.24, 2.45) is 10.2 Å². The van der Waals surface area contributed by atoms with Crippen molar-refractivity contribution in [1.82, 2.24) is 4.98 Å². The molecule has 18 heavy (non-hydrogen) atoms. The van der Waals surface area contributed by atoms with E-state index in [1.165, 1.54) is 23.0 Å². The first-order valence-corrected chi connectivity index (χ1v) is 6.31. The highest BCUT2D eigenvalue weighted by Crippen LogP contribution is 2.28. The average molecular weight is 255 g/mol. The van der Waals surface area contributed by atoms with Crippen LogP contribution in [0.3, 0.4) is 0 Å². The number of hydrogen-bond donors (Lipinski definition) is 0. The first kappa shape index (κ1) is 11.0. The number of benzene rings is 1. The molecule has 0 atom stereocenters. The molecule has 1 aliphatic rings. The Hall–Kier alpha value is -2.14. The average Bonchev–Trinajstić information content (AvgIpc) is 2.98. The predicted octanol–water partition coefficient (Wildman–Crippen LogP) is 3.45. The Morgan fingerprint density at radius 3 is 2.56 bits per heavy atom. The van der Waals surface area contributed by atoms with Gasteiger partial charge in [0.1, 0.15) is 10.7 Å². The van der Waals surface area contributed by atoms with Gasteiger partial charge in [0.05, 0.1) is 5.69 Å². The number of carbonyl (C=O) groups is 1. The van der Waals surface area contributed by atoms with Crippen molar-refractivity contribution in [3.05, 3.63) is 46.3 Å². The van der Waals surface area contributed by atoms with Gasteiger partial charge in [0.2, 0.25) is 0 Å². The molecule has 0 saturated carbocycles. The van der Waals surface area contributed by atoms with E-state index in [4.69, 9.17) is 0 Å². The maximum atomic E-state index is 11.0. The fraction of sp³-hybridized carbons (Fsp3) is 0.0769. The van der Waals surface area contributed by atoms with Gasteiger partial charge in [-0.2, -0.15) is 0 Å². The van der Waals surface area contributed by atoms with Gasteiger partial charge < -0.3 is 0 Å². The molecule has 88 valence electrons. The summed E-state index contributed by atoms with van der Waals surface area (Å²) in [6.45, 7) is 2.05. The van der Waals surface area contributed by atoms with Gasteiger partial charge in [-0.1, -0.05) is 29.8 Å². The fourth-order valence-electron chi connectivity index (χ4n) is 1.63. The van der Waals surface area contributed by atoms with Crippen LogP contribution >= 0.6 is 11.3 Å². The minimum atomic E-state index is -0.322. The molecule has 0 radical (unpaired) electrons. The minimum absolute atomic E-state index is 0.322. The van der Waals surface area contributed by atoms with Gasteiger partial charge in [-0.3, -0.25) is 4.79 Å². The molecule has 0 unspecified atom stereocenters. The molecule has 4 nitrogen and oxygen atoms in total. The summed E-state index contributed by atoms with van der Waals surface area (Å²) in [5.41, 5.74) is 3.71. The first-order chi connectivity index (χ1) is 8.72. The van der Waals surface area contributed by atoms with Crippen LogP contribution in [0, 0.1) is 6.92 Å². The van der Waals surface area contributed by atoms with E-state index >= 15 is 0 Å². The molecule has 0 aliphatic carbocycles. The number of thiazole rings is 1. The van der Waals surface area contributed by atoms with Crippen LogP contribution in [0.15, 0.2) is 46.0 Å². The van der Waals surface area contributed by atoms with Gasteiger partial charge >= 0.3 is 0 Å². The molecule has 0 spiro atoms. The molecule has 2 aromatic rings. The zero-order valence-electron chi connectivity index (χ0n) is 9.62. The van der Waals surface area contributed by atoms with Gasteiger partial charge in [-0.15, -0.1) is 21.6 Å². The second kappa shape index (κ2) is 4.27. The quantitative estimate of drug-likeness (QED) is 0.825. The van der Waals surface area contributed by atoms with Gasteiger partial charge in [0, 0.05) is 17.0 Å². The van der Waals surface area contributed by atoms with Crippen LogP contribution in [-0.2, 0) is 4.79 Å². The second-order valence-corrected chi connectivity index (χ2v) is 4.83. The molecular weight excluding hydrogens is 246 g/mol. The number of aryl methyl sites for hydroxylation is 1. The summed E-state index contributed by atoms with van der Waals surface area (Å²) in [5.74, 6) is -0.322. The smallest absolute Gasteiger partial charge is 0.266 e. The lowest BCUT2D eigenvalue weighted by Gasteiger charge is -1.96. The largest absolute Gasteiger partial charge is 0.290 e. The summed E-state index contributed by atoms with van der Waals surface area (Å²) >= 11 is 1.46. The van der Waals surface area contributed by atoms with E-state index in [1.54, 1.807) is 0 Å². The van der Waals surface area contributed by atoms with E-state index in [9.17, 15) is 4.79 Å². The van der Waals surface area contributed by atoms with Crippen LogP contribution in [0.1, 0.15) is 10.6 Å². The molecular formula is C13H9N3OS. The van der Waals surface area contributed by atoms with Crippen molar-refractivity contribution in [2.75, 3.05) is 0 Å². The van der Waals surface area contributed by atoms with Gasteiger partial charge in [0.25, 0.3) is 5.91 Å². The summed E-state index contributed by atoms with van der Waals surface area (Å²) in [5, 5.41) is 9.92. The van der Waals surface area contributed by atoms with Crippen LogP contribution in [0.2, 0.25) is 0 Å². The van der Waals surface area contributed by atoms with Crippen LogP contribution in [-0.4, -0.2) is 10.9 Å². The van der Waals surface area contributed by atoms with Gasteiger partial charge in [0.15, 0.2) is 0 Å². The lowest BCUT2D eigenvalue weighted by atomic mass is 10.1.